The van der Waals surface area contributed by atoms with E-state index in [0.29, 0.717) is 30.6 Å². The van der Waals surface area contributed by atoms with Crippen LogP contribution < -0.4 is 4.74 Å². The number of rotatable bonds is 1. The van der Waals surface area contributed by atoms with Crippen molar-refractivity contribution in [1.29, 1.82) is 0 Å². The van der Waals surface area contributed by atoms with Crippen LogP contribution in [0.1, 0.15) is 32.8 Å². The molecule has 0 saturated heterocycles. The molecule has 5 nitrogen and oxygen atoms in total. The maximum absolute atomic E-state index is 12.6. The molecule has 0 bridgehead atoms. The molecule has 1 aliphatic heterocycles. The van der Waals surface area contributed by atoms with Crippen LogP contribution in [0.15, 0.2) is 36.5 Å². The van der Waals surface area contributed by atoms with E-state index in [-0.39, 0.29) is 6.09 Å². The minimum Gasteiger partial charge on any atom is -0.477 e. The minimum atomic E-state index is -0.542. The molecule has 3 rings (SSSR count). The van der Waals surface area contributed by atoms with Gasteiger partial charge in [0.05, 0.1) is 13.2 Å². The largest absolute Gasteiger partial charge is 0.477 e. The standard InChI is InChI=1S/C20H23ClN2O3/c1-20(2,3)26-19(24)23-11-6-12-25-18-16(13-23)14(9-10-22-18)15-7-4-5-8-17(15)21/h4-5,7-10H,6,11-13H2,1-3H3. The molecule has 0 fully saturated rings. The van der Waals surface area contributed by atoms with Gasteiger partial charge in [0.25, 0.3) is 0 Å². The summed E-state index contributed by atoms with van der Waals surface area (Å²) in [5.41, 5.74) is 2.10. The van der Waals surface area contributed by atoms with Gasteiger partial charge in [-0.1, -0.05) is 29.8 Å². The van der Waals surface area contributed by atoms with Gasteiger partial charge in [-0.2, -0.15) is 0 Å². The van der Waals surface area contributed by atoms with Crippen molar-refractivity contribution in [3.8, 4) is 17.0 Å². The Bertz CT molecular complexity index is 802. The fourth-order valence-corrected chi connectivity index (χ4v) is 3.10. The zero-order chi connectivity index (χ0) is 18.7. The van der Waals surface area contributed by atoms with E-state index in [2.05, 4.69) is 4.98 Å². The molecule has 1 aromatic carbocycles. The van der Waals surface area contributed by atoms with E-state index in [0.717, 1.165) is 23.1 Å². The molecule has 2 heterocycles. The molecule has 0 spiro atoms. The Morgan fingerprint density at radius 1 is 1.23 bits per heavy atom. The Labute approximate surface area is 158 Å². The lowest BCUT2D eigenvalue weighted by Crippen LogP contribution is -2.38. The number of amides is 1. The molecular formula is C20H23ClN2O3. The summed E-state index contributed by atoms with van der Waals surface area (Å²) in [6.07, 6.45) is 2.09. The van der Waals surface area contributed by atoms with Gasteiger partial charge in [0.15, 0.2) is 0 Å². The molecule has 0 atom stereocenters. The number of ether oxygens (including phenoxy) is 2. The molecule has 2 aromatic rings. The van der Waals surface area contributed by atoms with Crippen LogP contribution in [0, 0.1) is 0 Å². The lowest BCUT2D eigenvalue weighted by atomic mass is 10.0. The van der Waals surface area contributed by atoms with E-state index in [1.807, 2.05) is 51.1 Å². The maximum Gasteiger partial charge on any atom is 0.410 e. The normalized spacial score (nSPS) is 14.7. The highest BCUT2D eigenvalue weighted by Crippen LogP contribution is 2.35. The van der Waals surface area contributed by atoms with E-state index in [1.165, 1.54) is 0 Å². The molecule has 0 N–H and O–H groups in total. The zero-order valence-corrected chi connectivity index (χ0v) is 16.0. The maximum atomic E-state index is 12.6. The van der Waals surface area contributed by atoms with Crippen LogP contribution in [-0.4, -0.2) is 34.7 Å². The Morgan fingerprint density at radius 3 is 2.73 bits per heavy atom. The molecule has 1 amide bonds. The third-order valence-corrected chi connectivity index (χ3v) is 4.32. The van der Waals surface area contributed by atoms with Crippen molar-refractivity contribution in [1.82, 2.24) is 9.88 Å². The first-order valence-electron chi connectivity index (χ1n) is 8.68. The lowest BCUT2D eigenvalue weighted by Gasteiger charge is -2.30. The van der Waals surface area contributed by atoms with Gasteiger partial charge in [-0.3, -0.25) is 0 Å². The second-order valence-electron chi connectivity index (χ2n) is 7.23. The quantitative estimate of drug-likeness (QED) is 0.710. The third-order valence-electron chi connectivity index (χ3n) is 3.99. The van der Waals surface area contributed by atoms with Gasteiger partial charge >= 0.3 is 6.09 Å². The van der Waals surface area contributed by atoms with Gasteiger partial charge in [0, 0.05) is 28.9 Å². The van der Waals surface area contributed by atoms with Crippen LogP contribution in [0.5, 0.6) is 5.88 Å². The molecule has 0 radical (unpaired) electrons. The SMILES string of the molecule is CC(C)(C)OC(=O)N1CCCOc2nccc(-c3ccccc3Cl)c2C1. The molecule has 0 unspecified atom stereocenters. The van der Waals surface area contributed by atoms with Crippen molar-refractivity contribution in [2.45, 2.75) is 39.3 Å². The van der Waals surface area contributed by atoms with E-state index in [1.54, 1.807) is 11.1 Å². The molecular weight excluding hydrogens is 352 g/mol. The summed E-state index contributed by atoms with van der Waals surface area (Å²) in [6, 6.07) is 9.52. The molecule has 26 heavy (non-hydrogen) atoms. The highest BCUT2D eigenvalue weighted by molar-refractivity contribution is 6.33. The van der Waals surface area contributed by atoms with E-state index in [9.17, 15) is 4.79 Å². The van der Waals surface area contributed by atoms with E-state index < -0.39 is 5.60 Å². The fourth-order valence-electron chi connectivity index (χ4n) is 2.86. The summed E-state index contributed by atoms with van der Waals surface area (Å²) >= 11 is 6.39. The third kappa shape index (κ3) is 4.28. The number of carbonyl (C=O) groups excluding carboxylic acids is 1. The number of hydrogen-bond acceptors (Lipinski definition) is 4. The van der Waals surface area contributed by atoms with Crippen molar-refractivity contribution in [2.75, 3.05) is 13.2 Å². The predicted octanol–water partition coefficient (Wildman–Crippen LogP) is 4.92. The summed E-state index contributed by atoms with van der Waals surface area (Å²) in [5, 5.41) is 0.645. The number of fused-ring (bicyclic) bond motifs is 1. The highest BCUT2D eigenvalue weighted by atomic mass is 35.5. The molecule has 6 heteroatoms. The van der Waals surface area contributed by atoms with Crippen LogP contribution in [0.4, 0.5) is 4.79 Å². The van der Waals surface area contributed by atoms with Crippen molar-refractivity contribution in [2.24, 2.45) is 0 Å². The van der Waals surface area contributed by atoms with Crippen molar-refractivity contribution in [3.05, 3.63) is 47.1 Å². The number of hydrogen-bond donors (Lipinski definition) is 0. The second-order valence-corrected chi connectivity index (χ2v) is 7.63. The summed E-state index contributed by atoms with van der Waals surface area (Å²) < 4.78 is 11.4. The van der Waals surface area contributed by atoms with Gasteiger partial charge in [-0.05, 0) is 44.9 Å². The number of nitrogens with zero attached hydrogens (tertiary/aromatic N) is 2. The number of benzene rings is 1. The molecule has 138 valence electrons. The monoisotopic (exact) mass is 374 g/mol. The van der Waals surface area contributed by atoms with Crippen LogP contribution in [0.25, 0.3) is 11.1 Å². The van der Waals surface area contributed by atoms with Gasteiger partial charge in [0.2, 0.25) is 5.88 Å². The number of aromatic nitrogens is 1. The van der Waals surface area contributed by atoms with Crippen molar-refractivity contribution < 1.29 is 14.3 Å². The first-order valence-corrected chi connectivity index (χ1v) is 9.06. The molecule has 1 aliphatic rings. The Morgan fingerprint density at radius 2 is 2.00 bits per heavy atom. The van der Waals surface area contributed by atoms with Gasteiger partial charge in [-0.15, -0.1) is 0 Å². The van der Waals surface area contributed by atoms with Gasteiger partial charge < -0.3 is 14.4 Å². The fraction of sp³-hybridized carbons (Fsp3) is 0.400. The topological polar surface area (TPSA) is 51.7 Å². The smallest absolute Gasteiger partial charge is 0.410 e. The summed E-state index contributed by atoms with van der Waals surface area (Å²) in [5.74, 6) is 0.538. The molecule has 1 aromatic heterocycles. The van der Waals surface area contributed by atoms with E-state index >= 15 is 0 Å². The number of carbonyl (C=O) groups is 1. The Balaban J connectivity index is 2.00. The highest BCUT2D eigenvalue weighted by Gasteiger charge is 2.26. The van der Waals surface area contributed by atoms with Crippen LogP contribution >= 0.6 is 11.6 Å². The van der Waals surface area contributed by atoms with Crippen LogP contribution in [-0.2, 0) is 11.3 Å². The Kier molecular flexibility index (Phi) is 5.37. The summed E-state index contributed by atoms with van der Waals surface area (Å²) in [7, 11) is 0. The van der Waals surface area contributed by atoms with Gasteiger partial charge in [0.1, 0.15) is 5.60 Å². The number of halogens is 1. The van der Waals surface area contributed by atoms with E-state index in [4.69, 9.17) is 21.1 Å². The van der Waals surface area contributed by atoms with Crippen LogP contribution in [0.3, 0.4) is 0 Å². The summed E-state index contributed by atoms with van der Waals surface area (Å²) in [6.45, 7) is 7.00. The molecule has 0 aliphatic carbocycles. The van der Waals surface area contributed by atoms with Crippen molar-refractivity contribution >= 4 is 17.7 Å². The lowest BCUT2D eigenvalue weighted by molar-refractivity contribution is 0.0214. The zero-order valence-electron chi connectivity index (χ0n) is 15.3. The molecule has 0 saturated carbocycles. The predicted molar refractivity (Wildman–Crippen MR) is 101 cm³/mol. The van der Waals surface area contributed by atoms with Crippen molar-refractivity contribution in [3.63, 3.8) is 0 Å². The summed E-state index contributed by atoms with van der Waals surface area (Å²) in [4.78, 5) is 18.7. The minimum absolute atomic E-state index is 0.334. The number of pyridine rings is 1. The van der Waals surface area contributed by atoms with Gasteiger partial charge in [-0.25, -0.2) is 9.78 Å². The first-order chi connectivity index (χ1) is 12.3. The second kappa shape index (κ2) is 7.54. The average molecular weight is 375 g/mol. The Hall–Kier alpha value is -2.27. The van der Waals surface area contributed by atoms with Crippen LogP contribution in [0.2, 0.25) is 5.02 Å². The average Bonchev–Trinajstić information content (AvgIpc) is 2.54. The first kappa shape index (κ1) is 18.5.